The van der Waals surface area contributed by atoms with Crippen molar-refractivity contribution < 1.29 is 19.1 Å². The van der Waals surface area contributed by atoms with E-state index in [1.54, 1.807) is 23.1 Å². The molecular formula is C19H16N2O4. The second-order valence-electron chi connectivity index (χ2n) is 6.40. The van der Waals surface area contributed by atoms with E-state index in [-0.39, 0.29) is 11.9 Å². The number of carbonyl (C=O) groups excluding carboxylic acids is 2. The fourth-order valence-electron chi connectivity index (χ4n) is 3.73. The molecule has 126 valence electrons. The number of anilines is 1. The molecule has 3 heterocycles. The first-order valence-electron chi connectivity index (χ1n) is 8.33. The maximum absolute atomic E-state index is 12.9. The molecule has 3 aliphatic heterocycles. The molecule has 5 rings (SSSR count). The normalized spacial score (nSPS) is 21.2. The molecule has 3 aliphatic rings. The van der Waals surface area contributed by atoms with Gasteiger partial charge in [-0.2, -0.15) is 0 Å². The first-order valence-corrected chi connectivity index (χ1v) is 8.33. The molecule has 25 heavy (non-hydrogen) atoms. The summed E-state index contributed by atoms with van der Waals surface area (Å²) >= 11 is 0. The fraction of sp³-hybridized carbons (Fsp3) is 0.263. The van der Waals surface area contributed by atoms with Crippen LogP contribution in [0.2, 0.25) is 0 Å². The molecule has 0 aliphatic carbocycles. The third kappa shape index (κ3) is 2.10. The summed E-state index contributed by atoms with van der Waals surface area (Å²) in [5, 5.41) is 0. The number of rotatable bonds is 1. The van der Waals surface area contributed by atoms with Gasteiger partial charge < -0.3 is 14.4 Å². The van der Waals surface area contributed by atoms with E-state index in [0.717, 1.165) is 11.1 Å². The predicted octanol–water partition coefficient (Wildman–Crippen LogP) is 2.35. The largest absolute Gasteiger partial charge is 0.486 e. The summed E-state index contributed by atoms with van der Waals surface area (Å²) in [5.41, 5.74) is 2.76. The summed E-state index contributed by atoms with van der Waals surface area (Å²) < 4.78 is 11.1. The van der Waals surface area contributed by atoms with Gasteiger partial charge in [-0.1, -0.05) is 24.3 Å². The van der Waals surface area contributed by atoms with Crippen LogP contribution in [0.25, 0.3) is 0 Å². The Bertz CT molecular complexity index is 852. The van der Waals surface area contributed by atoms with E-state index in [1.165, 1.54) is 4.90 Å². The number of carbonyl (C=O) groups is 2. The molecule has 0 bridgehead atoms. The lowest BCUT2D eigenvalue weighted by Gasteiger charge is -2.28. The Morgan fingerprint density at radius 1 is 0.920 bits per heavy atom. The maximum Gasteiger partial charge on any atom is 0.332 e. The molecule has 0 aromatic heterocycles. The highest BCUT2D eigenvalue weighted by Crippen LogP contribution is 2.38. The van der Waals surface area contributed by atoms with Crippen LogP contribution in [-0.2, 0) is 17.8 Å². The van der Waals surface area contributed by atoms with E-state index in [1.807, 2.05) is 24.3 Å². The van der Waals surface area contributed by atoms with E-state index < -0.39 is 6.04 Å². The zero-order chi connectivity index (χ0) is 17.0. The Kier molecular flexibility index (Phi) is 3.00. The molecule has 2 aromatic rings. The van der Waals surface area contributed by atoms with Gasteiger partial charge in [-0.15, -0.1) is 0 Å². The van der Waals surface area contributed by atoms with Gasteiger partial charge in [0.15, 0.2) is 11.5 Å². The van der Waals surface area contributed by atoms with Crippen molar-refractivity contribution in [3.8, 4) is 11.5 Å². The van der Waals surface area contributed by atoms with Crippen LogP contribution >= 0.6 is 0 Å². The van der Waals surface area contributed by atoms with Crippen molar-refractivity contribution in [2.24, 2.45) is 0 Å². The van der Waals surface area contributed by atoms with Crippen LogP contribution in [0.15, 0.2) is 42.5 Å². The number of urea groups is 1. The Labute approximate surface area is 144 Å². The average molecular weight is 336 g/mol. The van der Waals surface area contributed by atoms with Crippen LogP contribution in [-0.4, -0.2) is 36.1 Å². The van der Waals surface area contributed by atoms with Crippen molar-refractivity contribution in [1.29, 1.82) is 0 Å². The number of hydrogen-bond acceptors (Lipinski definition) is 4. The zero-order valence-electron chi connectivity index (χ0n) is 13.5. The van der Waals surface area contributed by atoms with Crippen molar-refractivity contribution >= 4 is 17.6 Å². The van der Waals surface area contributed by atoms with Crippen LogP contribution in [0, 0.1) is 0 Å². The predicted molar refractivity (Wildman–Crippen MR) is 89.8 cm³/mol. The molecule has 1 fully saturated rings. The van der Waals surface area contributed by atoms with Gasteiger partial charge in [0, 0.05) is 19.0 Å². The topological polar surface area (TPSA) is 59.1 Å². The average Bonchev–Trinajstić information content (AvgIpc) is 2.90. The maximum atomic E-state index is 12.9. The minimum atomic E-state index is -0.435. The van der Waals surface area contributed by atoms with Crippen molar-refractivity contribution in [3.63, 3.8) is 0 Å². The third-order valence-corrected chi connectivity index (χ3v) is 4.97. The molecule has 0 radical (unpaired) electrons. The zero-order valence-corrected chi connectivity index (χ0v) is 13.5. The monoisotopic (exact) mass is 336 g/mol. The van der Waals surface area contributed by atoms with Crippen molar-refractivity contribution in [2.75, 3.05) is 18.1 Å². The molecule has 6 nitrogen and oxygen atoms in total. The summed E-state index contributed by atoms with van der Waals surface area (Å²) in [6.07, 6.45) is 0.557. The molecule has 0 N–H and O–H groups in total. The van der Waals surface area contributed by atoms with Crippen LogP contribution in [0.1, 0.15) is 11.1 Å². The lowest BCUT2D eigenvalue weighted by Crippen LogP contribution is -2.39. The van der Waals surface area contributed by atoms with Gasteiger partial charge in [0.2, 0.25) is 0 Å². The molecule has 1 atom stereocenters. The Morgan fingerprint density at radius 3 is 2.52 bits per heavy atom. The van der Waals surface area contributed by atoms with Crippen molar-refractivity contribution in [2.45, 2.75) is 19.0 Å². The highest BCUT2D eigenvalue weighted by molar-refractivity contribution is 6.21. The van der Waals surface area contributed by atoms with Gasteiger partial charge in [-0.25, -0.2) is 9.69 Å². The highest BCUT2D eigenvalue weighted by atomic mass is 16.6. The van der Waals surface area contributed by atoms with Crippen LogP contribution < -0.4 is 14.4 Å². The molecule has 3 amide bonds. The second-order valence-corrected chi connectivity index (χ2v) is 6.40. The standard InChI is InChI=1S/C19H16N2O4/c22-18-15-9-12-3-1-2-4-13(12)11-20(15)19(23)21(18)14-5-6-16-17(10-14)25-8-7-24-16/h1-6,10,15H,7-9,11H2/t15-/m1/s1. The number of hydrogen-bond donors (Lipinski definition) is 0. The quantitative estimate of drug-likeness (QED) is 0.750. The lowest BCUT2D eigenvalue weighted by atomic mass is 9.95. The highest BCUT2D eigenvalue weighted by Gasteiger charge is 2.47. The number of nitrogens with zero attached hydrogens (tertiary/aromatic N) is 2. The van der Waals surface area contributed by atoms with Gasteiger partial charge >= 0.3 is 6.03 Å². The molecule has 0 unspecified atom stereocenters. The minimum Gasteiger partial charge on any atom is -0.486 e. The number of amides is 3. The van der Waals surface area contributed by atoms with Crippen LogP contribution in [0.4, 0.5) is 10.5 Å². The van der Waals surface area contributed by atoms with Crippen molar-refractivity contribution in [3.05, 3.63) is 53.6 Å². The summed E-state index contributed by atoms with van der Waals surface area (Å²) in [6, 6.07) is 12.4. The summed E-state index contributed by atoms with van der Waals surface area (Å²) in [5.74, 6) is 1.02. The summed E-state index contributed by atoms with van der Waals surface area (Å²) in [6.45, 7) is 1.43. The Balaban J connectivity index is 1.50. The fourth-order valence-corrected chi connectivity index (χ4v) is 3.73. The minimum absolute atomic E-state index is 0.184. The SMILES string of the molecule is O=C1[C@H]2Cc3ccccc3CN2C(=O)N1c1ccc2c(c1)OCCO2. The van der Waals surface area contributed by atoms with Gasteiger partial charge in [0.05, 0.1) is 5.69 Å². The second kappa shape index (κ2) is 5.24. The van der Waals surface area contributed by atoms with E-state index in [4.69, 9.17) is 9.47 Å². The van der Waals surface area contributed by atoms with Crippen LogP contribution in [0.3, 0.4) is 0 Å². The van der Waals surface area contributed by atoms with E-state index in [0.29, 0.717) is 43.4 Å². The van der Waals surface area contributed by atoms with Gasteiger partial charge in [0.1, 0.15) is 19.3 Å². The smallest absolute Gasteiger partial charge is 0.332 e. The van der Waals surface area contributed by atoms with Gasteiger partial charge in [-0.05, 0) is 23.3 Å². The van der Waals surface area contributed by atoms with Crippen LogP contribution in [0.5, 0.6) is 11.5 Å². The van der Waals surface area contributed by atoms with Crippen molar-refractivity contribution in [1.82, 2.24) is 4.90 Å². The first-order chi connectivity index (χ1) is 12.2. The van der Waals surface area contributed by atoms with E-state index >= 15 is 0 Å². The molecule has 0 saturated carbocycles. The lowest BCUT2D eigenvalue weighted by molar-refractivity contribution is -0.120. The third-order valence-electron chi connectivity index (χ3n) is 4.97. The van der Waals surface area contributed by atoms with E-state index in [9.17, 15) is 9.59 Å². The first kappa shape index (κ1) is 14.3. The summed E-state index contributed by atoms with van der Waals surface area (Å²) in [4.78, 5) is 28.7. The molecule has 1 saturated heterocycles. The van der Waals surface area contributed by atoms with Gasteiger partial charge in [-0.3, -0.25) is 4.79 Å². The Morgan fingerprint density at radius 2 is 1.68 bits per heavy atom. The number of imide groups is 1. The van der Waals surface area contributed by atoms with E-state index in [2.05, 4.69) is 0 Å². The molecule has 6 heteroatoms. The molecule has 0 spiro atoms. The Hall–Kier alpha value is -3.02. The molecular weight excluding hydrogens is 320 g/mol. The molecule has 2 aromatic carbocycles. The number of fused-ring (bicyclic) bond motifs is 3. The number of benzene rings is 2. The van der Waals surface area contributed by atoms with Gasteiger partial charge in [0.25, 0.3) is 5.91 Å². The summed E-state index contributed by atoms with van der Waals surface area (Å²) in [7, 11) is 0. The number of ether oxygens (including phenoxy) is 2.